The Morgan fingerprint density at radius 2 is 1.76 bits per heavy atom. The summed E-state index contributed by atoms with van der Waals surface area (Å²) in [6, 6.07) is 0. The Kier molecular flexibility index (Phi) is 3.16. The van der Waals surface area contributed by atoms with Gasteiger partial charge in [0.15, 0.2) is 0 Å². The molecule has 0 heterocycles. The quantitative estimate of drug-likeness (QED) is 0.692. The molecule has 2 aliphatic carbocycles. The second-order valence-electron chi connectivity index (χ2n) is 7.33. The lowest BCUT2D eigenvalue weighted by atomic mass is 9.47. The van der Waals surface area contributed by atoms with Crippen molar-refractivity contribution in [2.24, 2.45) is 28.6 Å². The summed E-state index contributed by atoms with van der Waals surface area (Å²) in [5, 5.41) is 0. The van der Waals surface area contributed by atoms with Gasteiger partial charge in [0.2, 0.25) is 0 Å². The molecule has 0 bridgehead atoms. The Labute approximate surface area is 106 Å². The third-order valence-corrected chi connectivity index (χ3v) is 6.26. The maximum absolute atomic E-state index is 12.7. The standard InChI is InChI=1S/C16H28O/c1-6-8-13-14(17)11-9-7-10-12(11)15(2,3)16(13,4)5/h11-13H,6-10H2,1-5H3. The van der Waals surface area contributed by atoms with Gasteiger partial charge in [-0.15, -0.1) is 0 Å². The van der Waals surface area contributed by atoms with E-state index in [1.807, 2.05) is 0 Å². The van der Waals surface area contributed by atoms with Crippen LogP contribution in [0.1, 0.15) is 66.7 Å². The highest BCUT2D eigenvalue weighted by Crippen LogP contribution is 2.61. The minimum atomic E-state index is 0.158. The van der Waals surface area contributed by atoms with Crippen LogP contribution >= 0.6 is 0 Å². The van der Waals surface area contributed by atoms with Crippen molar-refractivity contribution >= 4 is 5.78 Å². The van der Waals surface area contributed by atoms with Crippen LogP contribution in [-0.2, 0) is 4.79 Å². The van der Waals surface area contributed by atoms with E-state index in [2.05, 4.69) is 34.6 Å². The predicted molar refractivity (Wildman–Crippen MR) is 71.8 cm³/mol. The summed E-state index contributed by atoms with van der Waals surface area (Å²) in [5.41, 5.74) is 0.466. The highest BCUT2D eigenvalue weighted by molar-refractivity contribution is 5.86. The zero-order valence-electron chi connectivity index (χ0n) is 12.2. The van der Waals surface area contributed by atoms with Crippen molar-refractivity contribution in [1.82, 2.24) is 0 Å². The number of Topliss-reactive ketones (excluding diaryl/α,β-unsaturated/α-hetero) is 1. The van der Waals surface area contributed by atoms with Crippen LogP contribution in [0.2, 0.25) is 0 Å². The van der Waals surface area contributed by atoms with Gasteiger partial charge in [-0.2, -0.15) is 0 Å². The van der Waals surface area contributed by atoms with Crippen molar-refractivity contribution in [3.8, 4) is 0 Å². The number of ketones is 1. The minimum absolute atomic E-state index is 0.158. The Morgan fingerprint density at radius 1 is 1.12 bits per heavy atom. The van der Waals surface area contributed by atoms with Gasteiger partial charge in [0.1, 0.15) is 5.78 Å². The van der Waals surface area contributed by atoms with Crippen molar-refractivity contribution in [3.63, 3.8) is 0 Å². The Morgan fingerprint density at radius 3 is 2.35 bits per heavy atom. The van der Waals surface area contributed by atoms with E-state index in [0.29, 0.717) is 29.0 Å². The number of hydrogen-bond donors (Lipinski definition) is 0. The minimum Gasteiger partial charge on any atom is -0.299 e. The van der Waals surface area contributed by atoms with Crippen LogP contribution in [0.25, 0.3) is 0 Å². The highest BCUT2D eigenvalue weighted by Gasteiger charge is 2.58. The molecule has 3 atom stereocenters. The van der Waals surface area contributed by atoms with E-state index in [4.69, 9.17) is 0 Å². The van der Waals surface area contributed by atoms with Gasteiger partial charge in [-0.1, -0.05) is 47.5 Å². The van der Waals surface area contributed by atoms with Crippen molar-refractivity contribution in [3.05, 3.63) is 0 Å². The van der Waals surface area contributed by atoms with Crippen molar-refractivity contribution in [2.45, 2.75) is 66.7 Å². The number of fused-ring (bicyclic) bond motifs is 1. The van der Waals surface area contributed by atoms with E-state index in [-0.39, 0.29) is 5.41 Å². The van der Waals surface area contributed by atoms with E-state index < -0.39 is 0 Å². The lowest BCUT2D eigenvalue weighted by molar-refractivity contribution is -0.152. The highest BCUT2D eigenvalue weighted by atomic mass is 16.1. The lowest BCUT2D eigenvalue weighted by Gasteiger charge is -2.56. The SMILES string of the molecule is CCCC1C(=O)C2CCCC2C(C)(C)C1(C)C. The molecule has 0 amide bonds. The van der Waals surface area contributed by atoms with E-state index in [1.54, 1.807) is 0 Å². The second kappa shape index (κ2) is 4.10. The zero-order chi connectivity index (χ0) is 12.8. The average molecular weight is 236 g/mol. The molecule has 2 saturated carbocycles. The fraction of sp³-hybridized carbons (Fsp3) is 0.938. The number of carbonyl (C=O) groups is 1. The summed E-state index contributed by atoms with van der Waals surface area (Å²) >= 11 is 0. The van der Waals surface area contributed by atoms with Gasteiger partial charge in [-0.05, 0) is 36.0 Å². The summed E-state index contributed by atoms with van der Waals surface area (Å²) in [6.45, 7) is 11.7. The van der Waals surface area contributed by atoms with Gasteiger partial charge in [-0.3, -0.25) is 4.79 Å². The van der Waals surface area contributed by atoms with E-state index in [1.165, 1.54) is 12.8 Å². The molecule has 2 fully saturated rings. The molecule has 0 spiro atoms. The molecule has 3 unspecified atom stereocenters. The summed E-state index contributed by atoms with van der Waals surface area (Å²) in [7, 11) is 0. The first kappa shape index (κ1) is 13.1. The number of carbonyl (C=O) groups excluding carboxylic acids is 1. The molecule has 2 aliphatic rings. The summed E-state index contributed by atoms with van der Waals surface area (Å²) in [6.07, 6.45) is 5.90. The van der Waals surface area contributed by atoms with Gasteiger partial charge >= 0.3 is 0 Å². The summed E-state index contributed by atoms with van der Waals surface area (Å²) in [4.78, 5) is 12.7. The van der Waals surface area contributed by atoms with Crippen LogP contribution in [-0.4, -0.2) is 5.78 Å². The molecular formula is C16H28O. The van der Waals surface area contributed by atoms with Crippen LogP contribution in [0.4, 0.5) is 0 Å². The van der Waals surface area contributed by atoms with Crippen molar-refractivity contribution in [1.29, 1.82) is 0 Å². The molecule has 0 aromatic rings. The third kappa shape index (κ3) is 1.69. The molecular weight excluding hydrogens is 208 g/mol. The third-order valence-electron chi connectivity index (χ3n) is 6.26. The topological polar surface area (TPSA) is 17.1 Å². The maximum atomic E-state index is 12.7. The van der Waals surface area contributed by atoms with Gasteiger partial charge in [-0.25, -0.2) is 0 Å². The lowest BCUT2D eigenvalue weighted by Crippen LogP contribution is -2.55. The Bertz CT molecular complexity index is 313. The molecule has 98 valence electrons. The molecule has 0 aliphatic heterocycles. The first-order chi connectivity index (χ1) is 7.84. The van der Waals surface area contributed by atoms with Gasteiger partial charge in [0, 0.05) is 11.8 Å². The fourth-order valence-corrected chi connectivity index (χ4v) is 4.50. The molecule has 0 aromatic carbocycles. The molecule has 17 heavy (non-hydrogen) atoms. The monoisotopic (exact) mass is 236 g/mol. The van der Waals surface area contributed by atoms with E-state index >= 15 is 0 Å². The van der Waals surface area contributed by atoms with Crippen LogP contribution < -0.4 is 0 Å². The van der Waals surface area contributed by atoms with Crippen LogP contribution in [0.3, 0.4) is 0 Å². The molecule has 1 heteroatoms. The van der Waals surface area contributed by atoms with Crippen molar-refractivity contribution in [2.75, 3.05) is 0 Å². The zero-order valence-corrected chi connectivity index (χ0v) is 12.2. The Hall–Kier alpha value is -0.330. The number of hydrogen-bond acceptors (Lipinski definition) is 1. The normalized spacial score (nSPS) is 39.1. The van der Waals surface area contributed by atoms with Crippen LogP contribution in [0, 0.1) is 28.6 Å². The van der Waals surface area contributed by atoms with Gasteiger partial charge in [0.25, 0.3) is 0 Å². The molecule has 0 N–H and O–H groups in total. The molecule has 2 rings (SSSR count). The largest absolute Gasteiger partial charge is 0.299 e. The number of rotatable bonds is 2. The molecule has 1 nitrogen and oxygen atoms in total. The maximum Gasteiger partial charge on any atom is 0.139 e. The van der Waals surface area contributed by atoms with E-state index in [0.717, 1.165) is 19.3 Å². The smallest absolute Gasteiger partial charge is 0.139 e. The van der Waals surface area contributed by atoms with Gasteiger partial charge in [0.05, 0.1) is 0 Å². The van der Waals surface area contributed by atoms with E-state index in [9.17, 15) is 4.79 Å². The van der Waals surface area contributed by atoms with Crippen LogP contribution in [0.15, 0.2) is 0 Å². The van der Waals surface area contributed by atoms with Gasteiger partial charge < -0.3 is 0 Å². The Balaban J connectivity index is 2.39. The molecule has 0 aromatic heterocycles. The van der Waals surface area contributed by atoms with Crippen molar-refractivity contribution < 1.29 is 4.79 Å². The average Bonchev–Trinajstić information content (AvgIpc) is 2.72. The summed E-state index contributed by atoms with van der Waals surface area (Å²) in [5.74, 6) is 1.91. The first-order valence-corrected chi connectivity index (χ1v) is 7.37. The second-order valence-corrected chi connectivity index (χ2v) is 7.33. The summed E-state index contributed by atoms with van der Waals surface area (Å²) < 4.78 is 0. The predicted octanol–water partition coefficient (Wildman–Crippen LogP) is 4.45. The first-order valence-electron chi connectivity index (χ1n) is 7.37. The van der Waals surface area contributed by atoms with Crippen LogP contribution in [0.5, 0.6) is 0 Å². The molecule has 0 saturated heterocycles. The fourth-order valence-electron chi connectivity index (χ4n) is 4.50. The molecule has 0 radical (unpaired) electrons.